The normalized spacial score (nSPS) is 13.2. The highest BCUT2D eigenvalue weighted by Crippen LogP contribution is 2.41. The van der Waals surface area contributed by atoms with Crippen LogP contribution in [0.3, 0.4) is 0 Å². The van der Waals surface area contributed by atoms with Gasteiger partial charge in [-0.3, -0.25) is 0 Å². The van der Waals surface area contributed by atoms with Crippen molar-refractivity contribution in [3.05, 3.63) is 200 Å². The number of rotatable bonds is 5. The van der Waals surface area contributed by atoms with Crippen molar-refractivity contribution in [1.29, 1.82) is 0 Å². The zero-order chi connectivity index (χ0) is 37.5. The van der Waals surface area contributed by atoms with E-state index in [1.54, 1.807) is 0 Å². The van der Waals surface area contributed by atoms with E-state index in [4.69, 9.17) is 0 Å². The molecule has 0 fully saturated rings. The van der Waals surface area contributed by atoms with Crippen LogP contribution in [0.1, 0.15) is 12.8 Å². The molecule has 0 aliphatic heterocycles. The fraction of sp³-hybridized carbons (Fsp3) is 0.0370. The third-order valence-corrected chi connectivity index (χ3v) is 12.0. The van der Waals surface area contributed by atoms with Crippen LogP contribution in [0.2, 0.25) is 0 Å². The first kappa shape index (κ1) is 31.9. The topological polar surface area (TPSA) is 14.8 Å². The van der Waals surface area contributed by atoms with Gasteiger partial charge in [0, 0.05) is 49.4 Å². The van der Waals surface area contributed by atoms with Crippen molar-refractivity contribution >= 4 is 71.1 Å². The van der Waals surface area contributed by atoms with Crippen LogP contribution >= 0.6 is 0 Å². The van der Waals surface area contributed by atoms with E-state index >= 15 is 0 Å². The molecule has 0 saturated heterocycles. The highest BCUT2D eigenvalue weighted by Gasteiger charge is 2.18. The van der Waals surface area contributed by atoms with Gasteiger partial charge in [-0.1, -0.05) is 109 Å². The summed E-state index contributed by atoms with van der Waals surface area (Å²) in [6.45, 7) is 0. The second kappa shape index (κ2) is 12.6. The molecule has 3 nitrogen and oxygen atoms in total. The van der Waals surface area contributed by atoms with Crippen LogP contribution in [0.4, 0.5) is 0 Å². The van der Waals surface area contributed by atoms with Crippen molar-refractivity contribution in [3.8, 4) is 33.6 Å². The third-order valence-electron chi connectivity index (χ3n) is 12.0. The molecule has 3 heteroatoms. The Labute approximate surface area is 330 Å². The monoisotopic (exact) mass is 727 g/mol. The average Bonchev–Trinajstić information content (AvgIpc) is 3.92. The fourth-order valence-electron chi connectivity index (χ4n) is 9.44. The highest BCUT2D eigenvalue weighted by molar-refractivity contribution is 6.15. The van der Waals surface area contributed by atoms with Crippen LogP contribution in [0.5, 0.6) is 0 Å². The van der Waals surface area contributed by atoms with Gasteiger partial charge in [0.05, 0.1) is 33.1 Å². The fourth-order valence-corrected chi connectivity index (χ4v) is 9.44. The molecule has 11 aromatic rings. The van der Waals surface area contributed by atoms with Crippen LogP contribution in [0, 0.1) is 0 Å². The van der Waals surface area contributed by atoms with Gasteiger partial charge in [-0.15, -0.1) is 0 Å². The minimum absolute atomic E-state index is 1.07. The van der Waals surface area contributed by atoms with E-state index in [9.17, 15) is 0 Å². The summed E-state index contributed by atoms with van der Waals surface area (Å²) in [5.41, 5.74) is 15.8. The lowest BCUT2D eigenvalue weighted by molar-refractivity contribution is 1.02. The zero-order valence-electron chi connectivity index (χ0n) is 31.3. The number of fused-ring (bicyclic) bond motifs is 9. The van der Waals surface area contributed by atoms with Crippen molar-refractivity contribution in [1.82, 2.24) is 13.7 Å². The number of hydrogen-bond donors (Lipinski definition) is 0. The maximum atomic E-state index is 2.43. The predicted octanol–water partition coefficient (Wildman–Crippen LogP) is 14.5. The lowest BCUT2D eigenvalue weighted by atomic mass is 9.98. The number of benzene rings is 8. The third kappa shape index (κ3) is 4.92. The first-order chi connectivity index (χ1) is 28.3. The van der Waals surface area contributed by atoms with E-state index in [-0.39, 0.29) is 0 Å². The maximum absolute atomic E-state index is 2.43. The smallest absolute Gasteiger partial charge is 0.0541 e. The summed E-state index contributed by atoms with van der Waals surface area (Å²) in [6.07, 6.45) is 9.11. The van der Waals surface area contributed by atoms with E-state index in [2.05, 4.69) is 214 Å². The molecule has 12 rings (SSSR count). The van der Waals surface area contributed by atoms with Gasteiger partial charge in [0.15, 0.2) is 0 Å². The van der Waals surface area contributed by atoms with E-state index in [1.165, 1.54) is 99.1 Å². The van der Waals surface area contributed by atoms with Gasteiger partial charge in [0.2, 0.25) is 0 Å². The van der Waals surface area contributed by atoms with Crippen molar-refractivity contribution in [2.45, 2.75) is 12.8 Å². The molecule has 8 aromatic carbocycles. The number of allylic oxidation sites excluding steroid dienone is 4. The molecule has 57 heavy (non-hydrogen) atoms. The van der Waals surface area contributed by atoms with Crippen LogP contribution in [-0.4, -0.2) is 13.7 Å². The summed E-state index contributed by atoms with van der Waals surface area (Å²) in [6, 6.07) is 67.0. The predicted molar refractivity (Wildman–Crippen MR) is 242 cm³/mol. The molecule has 268 valence electrons. The molecular weight excluding hydrogens is 691 g/mol. The molecule has 0 amide bonds. The quantitative estimate of drug-likeness (QED) is 0.168. The molecule has 3 aromatic heterocycles. The molecule has 0 spiro atoms. The summed E-state index contributed by atoms with van der Waals surface area (Å²) in [4.78, 5) is 0. The van der Waals surface area contributed by atoms with Gasteiger partial charge in [0.1, 0.15) is 0 Å². The van der Waals surface area contributed by atoms with Crippen LogP contribution in [0.25, 0.3) is 105 Å². The Morgan fingerprint density at radius 2 is 0.667 bits per heavy atom. The Kier molecular flexibility index (Phi) is 7.05. The summed E-state index contributed by atoms with van der Waals surface area (Å²) in [5, 5.41) is 7.57. The SMILES string of the molecule is C1=CC(n2c3ccccc3c3cc(-c4ccc5c(c4)c4cc(-c6ccc7c(c6)c6ccccc6n7-c6ccccc6)ccc4n5-c4ccccc4)ccc32)=CCC1. The van der Waals surface area contributed by atoms with Crippen molar-refractivity contribution < 1.29 is 0 Å². The second-order valence-electron chi connectivity index (χ2n) is 15.2. The molecule has 0 radical (unpaired) electrons. The molecular formula is C54H37N3. The number of aromatic nitrogens is 3. The molecule has 3 heterocycles. The number of hydrogen-bond acceptors (Lipinski definition) is 0. The first-order valence-electron chi connectivity index (χ1n) is 19.9. The molecule has 1 aliphatic rings. The van der Waals surface area contributed by atoms with Crippen LogP contribution in [0.15, 0.2) is 200 Å². The summed E-state index contributed by atoms with van der Waals surface area (Å²) < 4.78 is 7.22. The molecule has 0 unspecified atom stereocenters. The van der Waals surface area contributed by atoms with Gasteiger partial charge in [-0.25, -0.2) is 0 Å². The average molecular weight is 728 g/mol. The van der Waals surface area contributed by atoms with Gasteiger partial charge >= 0.3 is 0 Å². The Bertz CT molecular complexity index is 3440. The van der Waals surface area contributed by atoms with E-state index in [1.807, 2.05) is 0 Å². The van der Waals surface area contributed by atoms with Gasteiger partial charge < -0.3 is 13.7 Å². The molecule has 0 bridgehead atoms. The van der Waals surface area contributed by atoms with Gasteiger partial charge in [0.25, 0.3) is 0 Å². The Morgan fingerprint density at radius 1 is 0.298 bits per heavy atom. The summed E-state index contributed by atoms with van der Waals surface area (Å²) in [7, 11) is 0. The van der Waals surface area contributed by atoms with Gasteiger partial charge in [-0.2, -0.15) is 0 Å². The van der Waals surface area contributed by atoms with Crippen molar-refractivity contribution in [3.63, 3.8) is 0 Å². The number of para-hydroxylation sites is 4. The van der Waals surface area contributed by atoms with Crippen LogP contribution < -0.4 is 0 Å². The van der Waals surface area contributed by atoms with Crippen molar-refractivity contribution in [2.24, 2.45) is 0 Å². The molecule has 0 atom stereocenters. The Morgan fingerprint density at radius 3 is 1.11 bits per heavy atom. The highest BCUT2D eigenvalue weighted by atomic mass is 15.0. The largest absolute Gasteiger partial charge is 0.310 e. The van der Waals surface area contributed by atoms with Gasteiger partial charge in [-0.05, 0) is 126 Å². The zero-order valence-corrected chi connectivity index (χ0v) is 31.3. The van der Waals surface area contributed by atoms with E-state index in [0.717, 1.165) is 18.5 Å². The maximum Gasteiger partial charge on any atom is 0.0541 e. The number of nitrogens with zero attached hydrogens (tertiary/aromatic N) is 3. The summed E-state index contributed by atoms with van der Waals surface area (Å²) in [5.74, 6) is 0. The van der Waals surface area contributed by atoms with Crippen LogP contribution in [-0.2, 0) is 0 Å². The Hall–Kier alpha value is -7.36. The lowest BCUT2D eigenvalue weighted by Crippen LogP contribution is -1.96. The van der Waals surface area contributed by atoms with E-state index in [0.29, 0.717) is 0 Å². The standard InChI is InChI=1S/C54H37N3/c1-4-14-40(15-5-1)55-49-22-12-10-20-43(49)45-32-36(24-28-51(45)55)38-26-30-53-47(34-38)48-35-39(27-31-54(48)57(53)42-18-8-3-9-19-42)37-25-29-52-46(33-37)44-21-11-13-23-50(44)56(52)41-16-6-2-7-17-41/h1,3-6,8-35H,2,7H2. The second-order valence-corrected chi connectivity index (χ2v) is 15.2. The first-order valence-corrected chi connectivity index (χ1v) is 19.9. The molecule has 1 aliphatic carbocycles. The van der Waals surface area contributed by atoms with E-state index < -0.39 is 0 Å². The minimum Gasteiger partial charge on any atom is -0.310 e. The molecule has 0 N–H and O–H groups in total. The minimum atomic E-state index is 1.07. The summed E-state index contributed by atoms with van der Waals surface area (Å²) >= 11 is 0. The lowest BCUT2D eigenvalue weighted by Gasteiger charge is -2.12. The van der Waals surface area contributed by atoms with Crippen molar-refractivity contribution in [2.75, 3.05) is 0 Å². The molecule has 0 saturated carbocycles. The Balaban J connectivity index is 1.05.